The molecule has 2 heterocycles. The van der Waals surface area contributed by atoms with Gasteiger partial charge >= 0.3 is 0 Å². The van der Waals surface area contributed by atoms with E-state index in [1.165, 1.54) is 0 Å². The molecular weight excluding hydrogens is 250 g/mol. The van der Waals surface area contributed by atoms with E-state index in [9.17, 15) is 9.59 Å². The van der Waals surface area contributed by atoms with Crippen LogP contribution in [0.1, 0.15) is 6.42 Å². The molecule has 0 aromatic rings. The summed E-state index contributed by atoms with van der Waals surface area (Å²) in [6, 6.07) is -0.241. The molecule has 7 nitrogen and oxygen atoms in total. The van der Waals surface area contributed by atoms with Gasteiger partial charge < -0.3 is 25.4 Å². The molecule has 2 aliphatic heterocycles. The van der Waals surface area contributed by atoms with Crippen molar-refractivity contribution >= 4 is 11.8 Å². The van der Waals surface area contributed by atoms with Gasteiger partial charge in [0.05, 0.1) is 32.3 Å². The summed E-state index contributed by atoms with van der Waals surface area (Å²) >= 11 is 0. The summed E-state index contributed by atoms with van der Waals surface area (Å²) in [7, 11) is 0. The van der Waals surface area contributed by atoms with Gasteiger partial charge in [-0.2, -0.15) is 0 Å². The Kier molecular flexibility index (Phi) is 5.12. The number of hydrogen-bond acceptors (Lipinski definition) is 5. The average molecular weight is 271 g/mol. The Labute approximate surface area is 112 Å². The fourth-order valence-electron chi connectivity index (χ4n) is 2.24. The molecule has 2 saturated heterocycles. The standard InChI is InChI=1S/C12H21N3O4/c13-10-8-19-7-9(10)12(17)14-2-1-11(16)15-3-5-18-6-4-15/h9-10H,1-8,13H2,(H,14,17). The molecule has 2 aliphatic rings. The summed E-state index contributed by atoms with van der Waals surface area (Å²) < 4.78 is 10.3. The summed E-state index contributed by atoms with van der Waals surface area (Å²) in [5.41, 5.74) is 5.75. The van der Waals surface area contributed by atoms with Crippen LogP contribution < -0.4 is 11.1 Å². The van der Waals surface area contributed by atoms with Gasteiger partial charge in [0.25, 0.3) is 0 Å². The minimum Gasteiger partial charge on any atom is -0.379 e. The second-order valence-corrected chi connectivity index (χ2v) is 4.84. The van der Waals surface area contributed by atoms with Crippen LogP contribution in [-0.4, -0.2) is 68.8 Å². The maximum Gasteiger partial charge on any atom is 0.227 e. The summed E-state index contributed by atoms with van der Waals surface area (Å²) in [6.45, 7) is 3.58. The van der Waals surface area contributed by atoms with Gasteiger partial charge in [-0.25, -0.2) is 0 Å². The molecule has 0 aliphatic carbocycles. The number of carbonyl (C=O) groups is 2. The third kappa shape index (κ3) is 3.89. The number of hydrogen-bond donors (Lipinski definition) is 2. The minimum absolute atomic E-state index is 0.0515. The quantitative estimate of drug-likeness (QED) is 0.637. The van der Waals surface area contributed by atoms with Crippen molar-refractivity contribution in [3.05, 3.63) is 0 Å². The van der Waals surface area contributed by atoms with Gasteiger partial charge in [0.2, 0.25) is 11.8 Å². The molecule has 19 heavy (non-hydrogen) atoms. The molecule has 7 heteroatoms. The van der Waals surface area contributed by atoms with Crippen LogP contribution in [-0.2, 0) is 19.1 Å². The Morgan fingerprint density at radius 2 is 1.95 bits per heavy atom. The van der Waals surface area contributed by atoms with Crippen LogP contribution in [0.3, 0.4) is 0 Å². The zero-order chi connectivity index (χ0) is 13.7. The number of nitrogens with one attached hydrogen (secondary N) is 1. The molecule has 0 bridgehead atoms. The first-order chi connectivity index (χ1) is 9.18. The van der Waals surface area contributed by atoms with Gasteiger partial charge in [-0.3, -0.25) is 9.59 Å². The third-order valence-electron chi connectivity index (χ3n) is 3.46. The smallest absolute Gasteiger partial charge is 0.227 e. The molecule has 3 N–H and O–H groups in total. The van der Waals surface area contributed by atoms with Crippen molar-refractivity contribution in [1.82, 2.24) is 10.2 Å². The number of morpholine rings is 1. The summed E-state index contributed by atoms with van der Waals surface area (Å²) in [5.74, 6) is -0.367. The van der Waals surface area contributed by atoms with E-state index >= 15 is 0 Å². The lowest BCUT2D eigenvalue weighted by Gasteiger charge is -2.27. The van der Waals surface area contributed by atoms with Crippen LogP contribution in [0.4, 0.5) is 0 Å². The normalized spacial score (nSPS) is 27.3. The first-order valence-electron chi connectivity index (χ1n) is 6.65. The van der Waals surface area contributed by atoms with E-state index in [1.807, 2.05) is 0 Å². The molecule has 2 atom stereocenters. The molecule has 2 amide bonds. The van der Waals surface area contributed by atoms with Crippen LogP contribution in [0.25, 0.3) is 0 Å². The third-order valence-corrected chi connectivity index (χ3v) is 3.46. The van der Waals surface area contributed by atoms with Gasteiger partial charge in [-0.05, 0) is 0 Å². The van der Waals surface area contributed by atoms with Gasteiger partial charge in [-0.15, -0.1) is 0 Å². The first kappa shape index (κ1) is 14.2. The lowest BCUT2D eigenvalue weighted by atomic mass is 10.0. The predicted octanol–water partition coefficient (Wildman–Crippen LogP) is -1.67. The van der Waals surface area contributed by atoms with Gasteiger partial charge in [0.1, 0.15) is 0 Å². The number of amides is 2. The molecule has 108 valence electrons. The van der Waals surface area contributed by atoms with Crippen LogP contribution in [0.5, 0.6) is 0 Å². The van der Waals surface area contributed by atoms with Crippen molar-refractivity contribution in [2.45, 2.75) is 12.5 Å². The molecule has 0 radical (unpaired) electrons. The zero-order valence-corrected chi connectivity index (χ0v) is 11.0. The number of carbonyl (C=O) groups excluding carboxylic acids is 2. The fourth-order valence-corrected chi connectivity index (χ4v) is 2.24. The van der Waals surface area contributed by atoms with Crippen LogP contribution in [0.15, 0.2) is 0 Å². The Morgan fingerprint density at radius 3 is 2.58 bits per heavy atom. The Morgan fingerprint density at radius 1 is 1.21 bits per heavy atom. The Hall–Kier alpha value is -1.18. The highest BCUT2D eigenvalue weighted by Gasteiger charge is 2.31. The fraction of sp³-hybridized carbons (Fsp3) is 0.833. The second kappa shape index (κ2) is 6.83. The lowest BCUT2D eigenvalue weighted by Crippen LogP contribution is -2.44. The molecule has 0 saturated carbocycles. The van der Waals surface area contributed by atoms with Gasteiger partial charge in [0, 0.05) is 32.1 Å². The molecular formula is C12H21N3O4. The first-order valence-corrected chi connectivity index (χ1v) is 6.65. The van der Waals surface area contributed by atoms with Crippen molar-refractivity contribution in [1.29, 1.82) is 0 Å². The van der Waals surface area contributed by atoms with E-state index in [4.69, 9.17) is 15.2 Å². The highest BCUT2D eigenvalue weighted by atomic mass is 16.5. The van der Waals surface area contributed by atoms with Crippen LogP contribution >= 0.6 is 0 Å². The van der Waals surface area contributed by atoms with Crippen LogP contribution in [0.2, 0.25) is 0 Å². The zero-order valence-electron chi connectivity index (χ0n) is 11.0. The van der Waals surface area contributed by atoms with Crippen molar-refractivity contribution < 1.29 is 19.1 Å². The largest absolute Gasteiger partial charge is 0.379 e. The molecule has 0 aromatic heterocycles. The summed E-state index contributed by atoms with van der Waals surface area (Å²) in [5, 5.41) is 2.75. The second-order valence-electron chi connectivity index (χ2n) is 4.84. The molecule has 2 rings (SSSR count). The highest BCUT2D eigenvalue weighted by molar-refractivity contribution is 5.81. The van der Waals surface area contributed by atoms with E-state index in [0.717, 1.165) is 0 Å². The van der Waals surface area contributed by atoms with Crippen molar-refractivity contribution in [3.8, 4) is 0 Å². The summed E-state index contributed by atoms with van der Waals surface area (Å²) in [4.78, 5) is 25.4. The maximum absolute atomic E-state index is 11.8. The van der Waals surface area contributed by atoms with E-state index in [2.05, 4.69) is 5.32 Å². The lowest BCUT2D eigenvalue weighted by molar-refractivity contribution is -0.135. The monoisotopic (exact) mass is 271 g/mol. The van der Waals surface area contributed by atoms with Gasteiger partial charge in [0.15, 0.2) is 0 Å². The van der Waals surface area contributed by atoms with Crippen molar-refractivity contribution in [2.75, 3.05) is 46.1 Å². The van der Waals surface area contributed by atoms with Crippen LogP contribution in [0, 0.1) is 5.92 Å². The minimum atomic E-state index is -0.293. The Bertz CT molecular complexity index is 331. The molecule has 0 aromatic carbocycles. The number of nitrogens with zero attached hydrogens (tertiary/aromatic N) is 1. The predicted molar refractivity (Wildman–Crippen MR) is 67.3 cm³/mol. The van der Waals surface area contributed by atoms with E-state index in [0.29, 0.717) is 52.5 Å². The highest BCUT2D eigenvalue weighted by Crippen LogP contribution is 2.11. The molecule has 2 unspecified atom stereocenters. The Balaban J connectivity index is 1.65. The number of nitrogens with two attached hydrogens (primary N) is 1. The van der Waals surface area contributed by atoms with Gasteiger partial charge in [-0.1, -0.05) is 0 Å². The molecule has 0 spiro atoms. The summed E-state index contributed by atoms with van der Waals surface area (Å²) in [6.07, 6.45) is 0.314. The van der Waals surface area contributed by atoms with E-state index in [1.54, 1.807) is 4.90 Å². The topological polar surface area (TPSA) is 93.9 Å². The van der Waals surface area contributed by atoms with Crippen molar-refractivity contribution in [2.24, 2.45) is 11.7 Å². The molecule has 2 fully saturated rings. The van der Waals surface area contributed by atoms with Crippen molar-refractivity contribution in [3.63, 3.8) is 0 Å². The number of ether oxygens (including phenoxy) is 2. The SMILES string of the molecule is NC1COCC1C(=O)NCCC(=O)N1CCOCC1. The number of rotatable bonds is 4. The van der Waals surface area contributed by atoms with E-state index < -0.39 is 0 Å². The van der Waals surface area contributed by atoms with E-state index in [-0.39, 0.29) is 23.8 Å². The average Bonchev–Trinajstić information content (AvgIpc) is 2.86. The maximum atomic E-state index is 11.8.